The molecule has 4 heterocycles. The number of ether oxygens (including phenoxy) is 2. The largest absolute Gasteiger partial charge is 0.380 e. The monoisotopic (exact) mass is 353 g/mol. The number of nitrogens with zero attached hydrogens (tertiary/aromatic N) is 3. The molecule has 0 saturated carbocycles. The Morgan fingerprint density at radius 2 is 1.92 bits per heavy atom. The predicted molar refractivity (Wildman–Crippen MR) is 101 cm³/mol. The minimum absolute atomic E-state index is 0.286. The number of morpholine rings is 1. The second-order valence-corrected chi connectivity index (χ2v) is 8.13. The summed E-state index contributed by atoms with van der Waals surface area (Å²) in [5.41, 5.74) is 2.55. The van der Waals surface area contributed by atoms with Gasteiger partial charge in [-0.1, -0.05) is 24.3 Å². The molecule has 3 fully saturated rings. The van der Waals surface area contributed by atoms with Crippen molar-refractivity contribution in [3.05, 3.63) is 42.1 Å². The highest BCUT2D eigenvalue weighted by Crippen LogP contribution is 2.42. The molecule has 3 aliphatic rings. The van der Waals surface area contributed by atoms with Crippen LogP contribution in [0.2, 0.25) is 0 Å². The van der Waals surface area contributed by atoms with Gasteiger partial charge in [0.25, 0.3) is 0 Å². The van der Waals surface area contributed by atoms with Crippen molar-refractivity contribution >= 4 is 10.9 Å². The summed E-state index contributed by atoms with van der Waals surface area (Å²) in [5, 5.41) is 1.21. The molecule has 0 bridgehead atoms. The van der Waals surface area contributed by atoms with E-state index in [1.165, 1.54) is 11.1 Å². The molecule has 2 atom stereocenters. The van der Waals surface area contributed by atoms with Gasteiger partial charge in [0, 0.05) is 56.0 Å². The maximum atomic E-state index is 5.91. The Morgan fingerprint density at radius 3 is 2.85 bits per heavy atom. The molecule has 0 amide bonds. The van der Waals surface area contributed by atoms with Crippen LogP contribution in [0.4, 0.5) is 0 Å². The second kappa shape index (κ2) is 6.89. The van der Waals surface area contributed by atoms with E-state index in [2.05, 4.69) is 46.2 Å². The lowest BCUT2D eigenvalue weighted by Crippen LogP contribution is -2.47. The van der Waals surface area contributed by atoms with Gasteiger partial charge in [0.2, 0.25) is 0 Å². The summed E-state index contributed by atoms with van der Waals surface area (Å²) < 4.78 is 11.4. The number of benzene rings is 1. The van der Waals surface area contributed by atoms with Crippen molar-refractivity contribution in [1.82, 2.24) is 14.8 Å². The number of likely N-dealkylation sites (tertiary alicyclic amines) is 1. The van der Waals surface area contributed by atoms with E-state index in [4.69, 9.17) is 14.5 Å². The van der Waals surface area contributed by atoms with Crippen LogP contribution in [0.15, 0.2) is 36.4 Å². The van der Waals surface area contributed by atoms with E-state index < -0.39 is 0 Å². The molecule has 5 rings (SSSR count). The van der Waals surface area contributed by atoms with Crippen LogP contribution in [0.3, 0.4) is 0 Å². The van der Waals surface area contributed by atoms with Crippen molar-refractivity contribution in [2.24, 2.45) is 11.3 Å². The quantitative estimate of drug-likeness (QED) is 0.841. The van der Waals surface area contributed by atoms with Crippen molar-refractivity contribution in [3.8, 4) is 0 Å². The summed E-state index contributed by atoms with van der Waals surface area (Å²) in [6.07, 6.45) is 0. The Hall–Kier alpha value is -1.53. The molecule has 0 radical (unpaired) electrons. The highest BCUT2D eigenvalue weighted by Gasteiger charge is 2.51. The highest BCUT2D eigenvalue weighted by atomic mass is 16.5. The lowest BCUT2D eigenvalue weighted by atomic mass is 9.80. The van der Waals surface area contributed by atoms with Crippen LogP contribution >= 0.6 is 0 Å². The van der Waals surface area contributed by atoms with E-state index in [-0.39, 0.29) is 5.41 Å². The molecule has 1 aromatic heterocycles. The molecule has 138 valence electrons. The maximum Gasteiger partial charge on any atom is 0.0705 e. The highest BCUT2D eigenvalue weighted by molar-refractivity contribution is 5.78. The lowest BCUT2D eigenvalue weighted by Gasteiger charge is -2.36. The molecule has 5 nitrogen and oxygen atoms in total. The standard InChI is InChI=1S/C21H27N3O2/c1-2-4-20-17(3-1)5-6-19(22-20)12-24-11-18-13-26-16-21(18,15-24)14-23-7-9-25-10-8-23/h1-6,18H,7-16H2/t18-,21+/m1/s1. The predicted octanol–water partition coefficient (Wildman–Crippen LogP) is 2.02. The molecule has 1 aromatic carbocycles. The van der Waals surface area contributed by atoms with E-state index in [0.717, 1.165) is 71.2 Å². The number of rotatable bonds is 4. The van der Waals surface area contributed by atoms with Gasteiger partial charge in [-0.2, -0.15) is 0 Å². The summed E-state index contributed by atoms with van der Waals surface area (Å²) in [4.78, 5) is 10.0. The molecule has 0 N–H and O–H groups in total. The molecular formula is C21H27N3O2. The fraction of sp³-hybridized carbons (Fsp3) is 0.571. The van der Waals surface area contributed by atoms with Gasteiger partial charge in [0.1, 0.15) is 0 Å². The van der Waals surface area contributed by atoms with Crippen LogP contribution in [0.25, 0.3) is 10.9 Å². The lowest BCUT2D eigenvalue weighted by molar-refractivity contribution is 0.0102. The smallest absolute Gasteiger partial charge is 0.0705 e. The number of hydrogen-bond donors (Lipinski definition) is 0. The number of pyridine rings is 1. The number of para-hydroxylation sites is 1. The molecular weight excluding hydrogens is 326 g/mol. The number of aromatic nitrogens is 1. The minimum Gasteiger partial charge on any atom is -0.380 e. The SMILES string of the molecule is c1ccc2nc(CN3C[C@@H]4COC[C@]4(CN4CCOCC4)C3)ccc2c1. The maximum absolute atomic E-state index is 5.91. The van der Waals surface area contributed by atoms with Gasteiger partial charge in [-0.15, -0.1) is 0 Å². The van der Waals surface area contributed by atoms with Gasteiger partial charge in [-0.05, 0) is 12.1 Å². The number of fused-ring (bicyclic) bond motifs is 2. The zero-order valence-electron chi connectivity index (χ0n) is 15.3. The Kier molecular flexibility index (Phi) is 4.41. The summed E-state index contributed by atoms with van der Waals surface area (Å²) in [7, 11) is 0. The summed E-state index contributed by atoms with van der Waals surface area (Å²) in [5.74, 6) is 0.644. The van der Waals surface area contributed by atoms with Crippen LogP contribution in [0.1, 0.15) is 5.69 Å². The van der Waals surface area contributed by atoms with Crippen molar-refractivity contribution in [2.75, 3.05) is 59.2 Å². The van der Waals surface area contributed by atoms with Gasteiger partial charge < -0.3 is 9.47 Å². The molecule has 0 unspecified atom stereocenters. The second-order valence-electron chi connectivity index (χ2n) is 8.13. The Morgan fingerprint density at radius 1 is 1.04 bits per heavy atom. The van der Waals surface area contributed by atoms with Gasteiger partial charge >= 0.3 is 0 Å². The van der Waals surface area contributed by atoms with E-state index >= 15 is 0 Å². The fourth-order valence-electron chi connectivity index (χ4n) is 4.92. The molecule has 3 aliphatic heterocycles. The summed E-state index contributed by atoms with van der Waals surface area (Å²) in [6.45, 7) is 9.97. The van der Waals surface area contributed by atoms with Gasteiger partial charge in [-0.3, -0.25) is 14.8 Å². The van der Waals surface area contributed by atoms with Gasteiger partial charge in [0.05, 0.1) is 37.6 Å². The molecule has 0 spiro atoms. The van der Waals surface area contributed by atoms with Crippen LogP contribution in [-0.2, 0) is 16.0 Å². The first-order valence-corrected chi connectivity index (χ1v) is 9.76. The molecule has 0 aliphatic carbocycles. The van der Waals surface area contributed by atoms with Crippen LogP contribution in [0, 0.1) is 11.3 Å². The Balaban J connectivity index is 1.30. The first-order chi connectivity index (χ1) is 12.8. The molecule has 3 saturated heterocycles. The van der Waals surface area contributed by atoms with Crippen LogP contribution in [0.5, 0.6) is 0 Å². The first kappa shape index (κ1) is 16.6. The third-order valence-corrected chi connectivity index (χ3v) is 6.28. The molecule has 26 heavy (non-hydrogen) atoms. The average Bonchev–Trinajstić information content (AvgIpc) is 3.18. The van der Waals surface area contributed by atoms with Crippen molar-refractivity contribution in [1.29, 1.82) is 0 Å². The third-order valence-electron chi connectivity index (χ3n) is 6.28. The van der Waals surface area contributed by atoms with Crippen molar-refractivity contribution < 1.29 is 9.47 Å². The average molecular weight is 353 g/mol. The van der Waals surface area contributed by atoms with Crippen LogP contribution < -0.4 is 0 Å². The van der Waals surface area contributed by atoms with Crippen molar-refractivity contribution in [2.45, 2.75) is 6.54 Å². The Bertz CT molecular complexity index is 777. The molecule has 5 heteroatoms. The minimum atomic E-state index is 0.286. The van der Waals surface area contributed by atoms with E-state index in [0.29, 0.717) is 5.92 Å². The van der Waals surface area contributed by atoms with Crippen LogP contribution in [-0.4, -0.2) is 73.9 Å². The zero-order chi connectivity index (χ0) is 17.4. The summed E-state index contributed by atoms with van der Waals surface area (Å²) in [6, 6.07) is 12.7. The van der Waals surface area contributed by atoms with E-state index in [1.54, 1.807) is 0 Å². The topological polar surface area (TPSA) is 37.8 Å². The number of hydrogen-bond acceptors (Lipinski definition) is 5. The van der Waals surface area contributed by atoms with E-state index in [9.17, 15) is 0 Å². The fourth-order valence-corrected chi connectivity index (χ4v) is 4.92. The Labute approximate surface area is 154 Å². The first-order valence-electron chi connectivity index (χ1n) is 9.76. The normalized spacial score (nSPS) is 30.1. The zero-order valence-corrected chi connectivity index (χ0v) is 15.3. The van der Waals surface area contributed by atoms with Gasteiger partial charge in [0.15, 0.2) is 0 Å². The van der Waals surface area contributed by atoms with Crippen molar-refractivity contribution in [3.63, 3.8) is 0 Å². The third kappa shape index (κ3) is 3.14. The summed E-state index contributed by atoms with van der Waals surface area (Å²) >= 11 is 0. The molecule has 2 aromatic rings. The van der Waals surface area contributed by atoms with Gasteiger partial charge in [-0.25, -0.2) is 0 Å². The van der Waals surface area contributed by atoms with E-state index in [1.807, 2.05) is 0 Å².